The van der Waals surface area contributed by atoms with Crippen LogP contribution in [-0.4, -0.2) is 44.1 Å². The molecule has 0 aliphatic rings. The fraction of sp³-hybridized carbons (Fsp3) is 0.333. The zero-order valence-corrected chi connectivity index (χ0v) is 15.6. The summed E-state index contributed by atoms with van der Waals surface area (Å²) in [6.45, 7) is 1.95. The Hall–Kier alpha value is -2.54. The van der Waals surface area contributed by atoms with E-state index in [1.807, 2.05) is 24.4 Å². The highest BCUT2D eigenvalue weighted by atomic mass is 32.1. The molecule has 2 N–H and O–H groups in total. The number of nitrogens with zero attached hydrogens (tertiary/aromatic N) is 1. The highest BCUT2D eigenvalue weighted by Crippen LogP contribution is 2.23. The topological polar surface area (TPSA) is 70.7 Å². The number of benzene rings is 1. The molecule has 0 aliphatic heterocycles. The van der Waals surface area contributed by atoms with Crippen molar-refractivity contribution in [3.8, 4) is 5.75 Å². The van der Waals surface area contributed by atoms with E-state index in [1.165, 1.54) is 16.9 Å². The van der Waals surface area contributed by atoms with Gasteiger partial charge in [-0.15, -0.1) is 11.3 Å². The predicted octanol–water partition coefficient (Wildman–Crippen LogP) is 3.21. The van der Waals surface area contributed by atoms with Crippen molar-refractivity contribution >= 4 is 29.0 Å². The molecule has 134 valence electrons. The lowest BCUT2D eigenvalue weighted by atomic mass is 10.1. The number of thiophene rings is 1. The third kappa shape index (κ3) is 5.22. The molecule has 0 spiro atoms. The molecule has 0 unspecified atom stereocenters. The van der Waals surface area contributed by atoms with Crippen LogP contribution in [0.5, 0.6) is 5.75 Å². The second-order valence-corrected chi connectivity index (χ2v) is 6.93. The predicted molar refractivity (Wildman–Crippen MR) is 101 cm³/mol. The quantitative estimate of drug-likeness (QED) is 0.830. The van der Waals surface area contributed by atoms with Crippen molar-refractivity contribution in [3.05, 3.63) is 46.2 Å². The largest absolute Gasteiger partial charge is 0.496 e. The van der Waals surface area contributed by atoms with Crippen LogP contribution in [0.3, 0.4) is 0 Å². The number of methoxy groups -OCH3 is 1. The Kier molecular flexibility index (Phi) is 6.41. The number of urea groups is 1. The first-order chi connectivity index (χ1) is 11.9. The van der Waals surface area contributed by atoms with Gasteiger partial charge in [-0.1, -0.05) is 6.07 Å². The monoisotopic (exact) mass is 361 g/mol. The van der Waals surface area contributed by atoms with E-state index in [-0.39, 0.29) is 18.0 Å². The second kappa shape index (κ2) is 8.53. The molecule has 0 aliphatic carbocycles. The molecule has 7 heteroatoms. The van der Waals surface area contributed by atoms with Gasteiger partial charge in [0, 0.05) is 37.1 Å². The third-order valence-corrected chi connectivity index (χ3v) is 4.46. The highest BCUT2D eigenvalue weighted by molar-refractivity contribution is 7.09. The lowest BCUT2D eigenvalue weighted by molar-refractivity contribution is 0.0824. The maximum absolute atomic E-state index is 12.2. The van der Waals surface area contributed by atoms with E-state index < -0.39 is 0 Å². The summed E-state index contributed by atoms with van der Waals surface area (Å²) < 4.78 is 5.23. The summed E-state index contributed by atoms with van der Waals surface area (Å²) in [7, 11) is 4.84. The van der Waals surface area contributed by atoms with Gasteiger partial charge in [0.2, 0.25) is 0 Å². The Morgan fingerprint density at radius 2 is 2.04 bits per heavy atom. The van der Waals surface area contributed by atoms with Crippen molar-refractivity contribution in [1.82, 2.24) is 10.2 Å². The molecule has 1 aromatic carbocycles. The minimum Gasteiger partial charge on any atom is -0.496 e. The van der Waals surface area contributed by atoms with E-state index >= 15 is 0 Å². The molecule has 0 radical (unpaired) electrons. The van der Waals surface area contributed by atoms with Crippen molar-refractivity contribution in [2.75, 3.05) is 26.5 Å². The second-order valence-electron chi connectivity index (χ2n) is 5.90. The van der Waals surface area contributed by atoms with E-state index in [1.54, 1.807) is 43.6 Å². The molecule has 1 heterocycles. The number of nitrogens with one attached hydrogen (secondary N) is 2. The van der Waals surface area contributed by atoms with Crippen LogP contribution in [0.15, 0.2) is 35.7 Å². The van der Waals surface area contributed by atoms with E-state index in [0.29, 0.717) is 17.0 Å². The number of hydrogen-bond donors (Lipinski definition) is 2. The number of carbonyl (C=O) groups is 2. The normalized spacial score (nSPS) is 11.5. The molecule has 2 aromatic rings. The first kappa shape index (κ1) is 18.8. The van der Waals surface area contributed by atoms with Gasteiger partial charge >= 0.3 is 6.03 Å². The maximum Gasteiger partial charge on any atom is 0.319 e. The summed E-state index contributed by atoms with van der Waals surface area (Å²) in [5, 5.41) is 7.68. The van der Waals surface area contributed by atoms with E-state index in [0.717, 1.165) is 6.42 Å². The first-order valence-corrected chi connectivity index (χ1v) is 8.78. The van der Waals surface area contributed by atoms with Crippen LogP contribution in [0.4, 0.5) is 10.5 Å². The summed E-state index contributed by atoms with van der Waals surface area (Å²) in [4.78, 5) is 27.1. The van der Waals surface area contributed by atoms with Crippen molar-refractivity contribution in [3.63, 3.8) is 0 Å². The van der Waals surface area contributed by atoms with Crippen LogP contribution in [0.2, 0.25) is 0 Å². The Bertz CT molecular complexity index is 729. The summed E-state index contributed by atoms with van der Waals surface area (Å²) in [6.07, 6.45) is 0.776. The average Bonchev–Trinajstić information content (AvgIpc) is 3.06. The van der Waals surface area contributed by atoms with Crippen LogP contribution >= 0.6 is 11.3 Å². The van der Waals surface area contributed by atoms with Crippen molar-refractivity contribution in [2.45, 2.75) is 19.4 Å². The maximum atomic E-state index is 12.2. The molecule has 0 fully saturated rings. The van der Waals surface area contributed by atoms with Gasteiger partial charge in [0.25, 0.3) is 5.91 Å². The smallest absolute Gasteiger partial charge is 0.319 e. The first-order valence-electron chi connectivity index (χ1n) is 7.90. The van der Waals surface area contributed by atoms with E-state index in [2.05, 4.69) is 10.6 Å². The Balaban J connectivity index is 2.02. The third-order valence-electron chi connectivity index (χ3n) is 3.56. The Morgan fingerprint density at radius 1 is 1.28 bits per heavy atom. The zero-order chi connectivity index (χ0) is 18.4. The molecule has 3 amide bonds. The van der Waals surface area contributed by atoms with Gasteiger partial charge < -0.3 is 20.3 Å². The van der Waals surface area contributed by atoms with Gasteiger partial charge in [-0.3, -0.25) is 4.79 Å². The molecule has 0 saturated carbocycles. The lowest BCUT2D eigenvalue weighted by Gasteiger charge is -2.16. The molecule has 0 bridgehead atoms. The van der Waals surface area contributed by atoms with Gasteiger partial charge in [0.15, 0.2) is 0 Å². The number of amides is 3. The van der Waals surface area contributed by atoms with Crippen LogP contribution in [0.25, 0.3) is 0 Å². The molecular weight excluding hydrogens is 338 g/mol. The minimum atomic E-state index is -0.308. The van der Waals surface area contributed by atoms with Crippen LogP contribution < -0.4 is 15.4 Å². The van der Waals surface area contributed by atoms with Gasteiger partial charge in [-0.2, -0.15) is 0 Å². The summed E-state index contributed by atoms with van der Waals surface area (Å²) >= 11 is 1.67. The van der Waals surface area contributed by atoms with Gasteiger partial charge in [0.1, 0.15) is 5.75 Å². The number of ether oxygens (including phenoxy) is 1. The number of hydrogen-bond acceptors (Lipinski definition) is 4. The van der Waals surface area contributed by atoms with Crippen LogP contribution in [0.1, 0.15) is 22.2 Å². The summed E-state index contributed by atoms with van der Waals surface area (Å²) in [5.74, 6) is 0.280. The zero-order valence-electron chi connectivity index (χ0n) is 14.8. The van der Waals surface area contributed by atoms with Gasteiger partial charge in [-0.25, -0.2) is 4.79 Å². The van der Waals surface area contributed by atoms with Crippen LogP contribution in [-0.2, 0) is 6.42 Å². The van der Waals surface area contributed by atoms with Crippen molar-refractivity contribution in [1.29, 1.82) is 0 Å². The standard InChI is InChI=1S/C18H23N3O3S/c1-12(10-14-6-5-9-25-14)19-18(23)20-13-7-8-16(24-4)15(11-13)17(22)21(2)3/h5-9,11-12H,10H2,1-4H3,(H2,19,20,23)/t12-/m0/s1. The Labute approximate surface area is 151 Å². The van der Waals surface area contributed by atoms with E-state index in [4.69, 9.17) is 4.74 Å². The van der Waals surface area contributed by atoms with Crippen molar-refractivity contribution < 1.29 is 14.3 Å². The van der Waals surface area contributed by atoms with Crippen LogP contribution in [0, 0.1) is 0 Å². The molecule has 1 aromatic heterocycles. The van der Waals surface area contributed by atoms with Gasteiger partial charge in [-0.05, 0) is 36.6 Å². The van der Waals surface area contributed by atoms with E-state index in [9.17, 15) is 9.59 Å². The number of carbonyl (C=O) groups excluding carboxylic acids is 2. The molecule has 0 saturated heterocycles. The average molecular weight is 361 g/mol. The SMILES string of the molecule is COc1ccc(NC(=O)N[C@@H](C)Cc2cccs2)cc1C(=O)N(C)C. The molecular formula is C18H23N3O3S. The number of rotatable bonds is 6. The summed E-state index contributed by atoms with van der Waals surface area (Å²) in [5.41, 5.74) is 0.934. The molecule has 25 heavy (non-hydrogen) atoms. The molecule has 6 nitrogen and oxygen atoms in total. The van der Waals surface area contributed by atoms with Crippen molar-refractivity contribution in [2.24, 2.45) is 0 Å². The molecule has 2 rings (SSSR count). The fourth-order valence-corrected chi connectivity index (χ4v) is 3.20. The highest BCUT2D eigenvalue weighted by Gasteiger charge is 2.16. The fourth-order valence-electron chi connectivity index (χ4n) is 2.37. The number of anilines is 1. The molecule has 1 atom stereocenters. The Morgan fingerprint density at radius 3 is 2.64 bits per heavy atom. The minimum absolute atomic E-state index is 0.000208. The summed E-state index contributed by atoms with van der Waals surface area (Å²) in [6, 6.07) is 8.72. The lowest BCUT2D eigenvalue weighted by Crippen LogP contribution is -2.37. The van der Waals surface area contributed by atoms with Gasteiger partial charge in [0.05, 0.1) is 12.7 Å².